The van der Waals surface area contributed by atoms with Gasteiger partial charge in [-0.3, -0.25) is 0 Å². The Balaban J connectivity index is 2.31. The molecular weight excluding hydrogens is 286 g/mol. The highest BCUT2D eigenvalue weighted by molar-refractivity contribution is 7.90. The molecule has 1 atom stereocenters. The Morgan fingerprint density at radius 3 is 2.52 bits per heavy atom. The summed E-state index contributed by atoms with van der Waals surface area (Å²) in [7, 11) is -3.25. The standard InChI is InChI=1S/C16H19NO3S/c1-12(17)10-13-6-3-4-9-16(13)20-14-7-5-8-15(11-14)21(2,18)19/h3-9,11-12H,10,17H2,1-2H3. The normalized spacial score (nSPS) is 12.9. The lowest BCUT2D eigenvalue weighted by Crippen LogP contribution is -2.18. The van der Waals surface area contributed by atoms with Crippen LogP contribution >= 0.6 is 0 Å². The van der Waals surface area contributed by atoms with E-state index in [0.29, 0.717) is 17.9 Å². The van der Waals surface area contributed by atoms with Crippen molar-refractivity contribution in [2.75, 3.05) is 6.26 Å². The van der Waals surface area contributed by atoms with E-state index < -0.39 is 9.84 Å². The van der Waals surface area contributed by atoms with Crippen molar-refractivity contribution in [1.82, 2.24) is 0 Å². The van der Waals surface area contributed by atoms with Gasteiger partial charge in [0.05, 0.1) is 4.90 Å². The van der Waals surface area contributed by atoms with Crippen LogP contribution in [0.3, 0.4) is 0 Å². The zero-order valence-corrected chi connectivity index (χ0v) is 12.9. The Bertz CT molecular complexity index is 724. The monoisotopic (exact) mass is 305 g/mol. The highest BCUT2D eigenvalue weighted by Gasteiger charge is 2.10. The maximum Gasteiger partial charge on any atom is 0.175 e. The molecule has 0 aliphatic carbocycles. The Kier molecular flexibility index (Phi) is 4.65. The zero-order valence-electron chi connectivity index (χ0n) is 12.1. The van der Waals surface area contributed by atoms with Gasteiger partial charge in [0.2, 0.25) is 0 Å². The number of para-hydroxylation sites is 1. The average Bonchev–Trinajstić information content (AvgIpc) is 2.40. The molecule has 112 valence electrons. The molecule has 2 aromatic carbocycles. The molecule has 0 bridgehead atoms. The first-order chi connectivity index (χ1) is 9.86. The van der Waals surface area contributed by atoms with E-state index >= 15 is 0 Å². The third-order valence-electron chi connectivity index (χ3n) is 2.98. The van der Waals surface area contributed by atoms with Gasteiger partial charge in [0.1, 0.15) is 11.5 Å². The number of ether oxygens (including phenoxy) is 1. The number of nitrogens with two attached hydrogens (primary N) is 1. The van der Waals surface area contributed by atoms with Gasteiger partial charge in [0, 0.05) is 12.3 Å². The van der Waals surface area contributed by atoms with Crippen molar-refractivity contribution < 1.29 is 13.2 Å². The maximum atomic E-state index is 11.6. The Hall–Kier alpha value is -1.85. The Morgan fingerprint density at radius 2 is 1.86 bits per heavy atom. The maximum absolute atomic E-state index is 11.6. The number of hydrogen-bond acceptors (Lipinski definition) is 4. The summed E-state index contributed by atoms with van der Waals surface area (Å²) < 4.78 is 29.0. The molecule has 0 fully saturated rings. The van der Waals surface area contributed by atoms with Gasteiger partial charge in [0.25, 0.3) is 0 Å². The van der Waals surface area contributed by atoms with Gasteiger partial charge in [-0.15, -0.1) is 0 Å². The SMILES string of the molecule is CC(N)Cc1ccccc1Oc1cccc(S(C)(=O)=O)c1. The minimum absolute atomic E-state index is 0.0251. The van der Waals surface area contributed by atoms with Crippen LogP contribution in [-0.2, 0) is 16.3 Å². The molecule has 0 aliphatic rings. The summed E-state index contributed by atoms with van der Waals surface area (Å²) in [4.78, 5) is 0.240. The van der Waals surface area contributed by atoms with E-state index in [0.717, 1.165) is 5.56 Å². The molecular formula is C16H19NO3S. The summed E-state index contributed by atoms with van der Waals surface area (Å²) in [6.45, 7) is 1.93. The molecule has 0 amide bonds. The van der Waals surface area contributed by atoms with Gasteiger partial charge in [-0.1, -0.05) is 24.3 Å². The van der Waals surface area contributed by atoms with Crippen molar-refractivity contribution in [1.29, 1.82) is 0 Å². The lowest BCUT2D eigenvalue weighted by atomic mass is 10.1. The van der Waals surface area contributed by atoms with Crippen LogP contribution in [-0.4, -0.2) is 20.7 Å². The van der Waals surface area contributed by atoms with Gasteiger partial charge in [0.15, 0.2) is 9.84 Å². The molecule has 0 heterocycles. The number of hydrogen-bond donors (Lipinski definition) is 1. The zero-order chi connectivity index (χ0) is 15.5. The average molecular weight is 305 g/mol. The highest BCUT2D eigenvalue weighted by Crippen LogP contribution is 2.27. The fraction of sp³-hybridized carbons (Fsp3) is 0.250. The fourth-order valence-corrected chi connectivity index (χ4v) is 2.67. The number of rotatable bonds is 5. The van der Waals surface area contributed by atoms with E-state index in [4.69, 9.17) is 10.5 Å². The van der Waals surface area contributed by atoms with Crippen LogP contribution in [0.2, 0.25) is 0 Å². The van der Waals surface area contributed by atoms with E-state index in [1.165, 1.54) is 12.3 Å². The van der Waals surface area contributed by atoms with Crippen molar-refractivity contribution in [3.8, 4) is 11.5 Å². The first-order valence-corrected chi connectivity index (χ1v) is 8.57. The summed E-state index contributed by atoms with van der Waals surface area (Å²) >= 11 is 0. The van der Waals surface area contributed by atoms with Gasteiger partial charge < -0.3 is 10.5 Å². The summed E-state index contributed by atoms with van der Waals surface area (Å²) in [5.41, 5.74) is 6.83. The second-order valence-corrected chi connectivity index (χ2v) is 7.15. The second-order valence-electron chi connectivity index (χ2n) is 5.14. The highest BCUT2D eigenvalue weighted by atomic mass is 32.2. The van der Waals surface area contributed by atoms with Crippen LogP contribution in [0.25, 0.3) is 0 Å². The van der Waals surface area contributed by atoms with Gasteiger partial charge in [-0.05, 0) is 43.2 Å². The Labute approximate surface area is 125 Å². The molecule has 0 aromatic heterocycles. The second kappa shape index (κ2) is 6.28. The minimum Gasteiger partial charge on any atom is -0.457 e. The van der Waals surface area contributed by atoms with Crippen LogP contribution < -0.4 is 10.5 Å². The van der Waals surface area contributed by atoms with E-state index in [1.54, 1.807) is 18.2 Å². The van der Waals surface area contributed by atoms with Gasteiger partial charge >= 0.3 is 0 Å². The molecule has 1 unspecified atom stereocenters. The molecule has 21 heavy (non-hydrogen) atoms. The van der Waals surface area contributed by atoms with E-state index in [9.17, 15) is 8.42 Å². The first-order valence-electron chi connectivity index (χ1n) is 6.68. The summed E-state index contributed by atoms with van der Waals surface area (Å²) in [6.07, 6.45) is 1.87. The fourth-order valence-electron chi connectivity index (χ4n) is 2.01. The molecule has 2 aromatic rings. The molecule has 0 spiro atoms. The van der Waals surface area contributed by atoms with Crippen LogP contribution in [0.15, 0.2) is 53.4 Å². The van der Waals surface area contributed by atoms with Crippen LogP contribution in [0.1, 0.15) is 12.5 Å². The molecule has 5 heteroatoms. The van der Waals surface area contributed by atoms with Crippen LogP contribution in [0.4, 0.5) is 0 Å². The molecule has 0 saturated carbocycles. The quantitative estimate of drug-likeness (QED) is 0.922. The predicted molar refractivity (Wildman–Crippen MR) is 83.4 cm³/mol. The van der Waals surface area contributed by atoms with Crippen LogP contribution in [0, 0.1) is 0 Å². The largest absolute Gasteiger partial charge is 0.457 e. The molecule has 2 N–H and O–H groups in total. The van der Waals surface area contributed by atoms with Crippen LogP contribution in [0.5, 0.6) is 11.5 Å². The van der Waals surface area contributed by atoms with Gasteiger partial charge in [-0.25, -0.2) is 8.42 Å². The summed E-state index contributed by atoms with van der Waals surface area (Å²) in [6, 6.07) is 14.1. The molecule has 0 saturated heterocycles. The minimum atomic E-state index is -3.25. The lowest BCUT2D eigenvalue weighted by molar-refractivity contribution is 0.472. The summed E-state index contributed by atoms with van der Waals surface area (Å²) in [5, 5.41) is 0. The third kappa shape index (κ3) is 4.31. The Morgan fingerprint density at radius 1 is 1.14 bits per heavy atom. The topological polar surface area (TPSA) is 69.4 Å². The van der Waals surface area contributed by atoms with E-state index in [2.05, 4.69) is 0 Å². The third-order valence-corrected chi connectivity index (χ3v) is 4.09. The first kappa shape index (κ1) is 15.5. The van der Waals surface area contributed by atoms with Crippen molar-refractivity contribution in [3.63, 3.8) is 0 Å². The van der Waals surface area contributed by atoms with Crippen molar-refractivity contribution in [2.24, 2.45) is 5.73 Å². The van der Waals surface area contributed by atoms with Crippen molar-refractivity contribution in [2.45, 2.75) is 24.3 Å². The molecule has 2 rings (SSSR count). The lowest BCUT2D eigenvalue weighted by Gasteiger charge is -2.13. The van der Waals surface area contributed by atoms with Crippen molar-refractivity contribution in [3.05, 3.63) is 54.1 Å². The number of benzene rings is 2. The molecule has 0 aliphatic heterocycles. The summed E-state index contributed by atoms with van der Waals surface area (Å²) in [5.74, 6) is 1.19. The number of sulfone groups is 1. The molecule has 4 nitrogen and oxygen atoms in total. The van der Waals surface area contributed by atoms with Crippen molar-refractivity contribution >= 4 is 9.84 Å². The smallest absolute Gasteiger partial charge is 0.175 e. The molecule has 0 radical (unpaired) electrons. The van der Waals surface area contributed by atoms with E-state index in [-0.39, 0.29) is 10.9 Å². The van der Waals surface area contributed by atoms with Gasteiger partial charge in [-0.2, -0.15) is 0 Å². The van der Waals surface area contributed by atoms with E-state index in [1.807, 2.05) is 31.2 Å². The predicted octanol–water partition coefficient (Wildman–Crippen LogP) is 2.77.